The molecule has 2 aromatic rings. The molecule has 0 saturated carbocycles. The summed E-state index contributed by atoms with van der Waals surface area (Å²) in [4.78, 5) is 1.16. The number of furan rings is 1. The summed E-state index contributed by atoms with van der Waals surface area (Å²) in [6.45, 7) is 9.96. The summed E-state index contributed by atoms with van der Waals surface area (Å²) >= 11 is 1.58. The second-order valence-corrected chi connectivity index (χ2v) is 7.30. The average Bonchev–Trinajstić information content (AvgIpc) is 2.73. The molecule has 0 aliphatic rings. The van der Waals surface area contributed by atoms with Crippen LogP contribution in [0.15, 0.2) is 44.7 Å². The lowest BCUT2D eigenvalue weighted by molar-refractivity contribution is -0.816. The first-order valence-corrected chi connectivity index (χ1v) is 7.75. The van der Waals surface area contributed by atoms with E-state index in [0.29, 0.717) is 5.76 Å². The molecule has 21 heavy (non-hydrogen) atoms. The zero-order valence-corrected chi connectivity index (χ0v) is 14.0. The molecule has 0 unspecified atom stereocenters. The number of hydroxylamine groups is 1. The summed E-state index contributed by atoms with van der Waals surface area (Å²) in [5, 5.41) is 10.7. The molecular weight excluding hydrogens is 282 g/mol. The van der Waals surface area contributed by atoms with E-state index in [0.717, 1.165) is 14.7 Å². The van der Waals surface area contributed by atoms with Crippen molar-refractivity contribution in [3.8, 4) is 0 Å². The summed E-state index contributed by atoms with van der Waals surface area (Å²) in [6, 6.07) is 10.2. The minimum absolute atomic E-state index is 0.353. The molecule has 0 saturated heterocycles. The second kappa shape index (κ2) is 5.98. The Labute approximate surface area is 130 Å². The summed E-state index contributed by atoms with van der Waals surface area (Å²) in [5.74, 6) is 0.638. The Kier molecular flexibility index (Phi) is 4.47. The van der Waals surface area contributed by atoms with E-state index in [2.05, 4.69) is 32.0 Å². The van der Waals surface area contributed by atoms with Crippen LogP contribution in [0.4, 0.5) is 0 Å². The van der Waals surface area contributed by atoms with E-state index in [1.165, 1.54) is 11.1 Å². The molecule has 1 heterocycles. The third kappa shape index (κ3) is 4.39. The molecule has 0 aliphatic heterocycles. The van der Waals surface area contributed by atoms with Crippen LogP contribution in [0.2, 0.25) is 0 Å². The van der Waals surface area contributed by atoms with Crippen LogP contribution in [0.5, 0.6) is 0 Å². The molecule has 0 atom stereocenters. The van der Waals surface area contributed by atoms with Gasteiger partial charge in [-0.05, 0) is 54.0 Å². The predicted octanol–water partition coefficient (Wildman–Crippen LogP) is 4.67. The average molecular weight is 304 g/mol. The molecule has 112 valence electrons. The molecular formula is C17H22NO2S+. The first kappa shape index (κ1) is 15.7. The number of hydrogen-bond acceptors (Lipinski definition) is 3. The standard InChI is InChI=1S/C17H22NO2S/c1-12-8-13(2)10-15(9-12)21-16-7-6-14(20-16)11-18(19)17(3,4)5/h6-11,19H,1-5H3/q+1/b18-11-. The van der Waals surface area contributed by atoms with Gasteiger partial charge in [-0.25, -0.2) is 0 Å². The second-order valence-electron chi connectivity index (χ2n) is 6.23. The maximum atomic E-state index is 9.92. The highest BCUT2D eigenvalue weighted by Crippen LogP contribution is 2.30. The van der Waals surface area contributed by atoms with Crippen molar-refractivity contribution in [3.63, 3.8) is 0 Å². The SMILES string of the molecule is Cc1cc(C)cc(Sc2ccc(/C=[N+](\O)C(C)(C)C)o2)c1. The number of benzene rings is 1. The number of aryl methyl sites for hydroxylation is 2. The first-order valence-electron chi connectivity index (χ1n) is 6.93. The van der Waals surface area contributed by atoms with Crippen molar-refractivity contribution in [1.29, 1.82) is 0 Å². The fraction of sp³-hybridized carbons (Fsp3) is 0.353. The van der Waals surface area contributed by atoms with Crippen LogP contribution in [0.25, 0.3) is 0 Å². The van der Waals surface area contributed by atoms with Crippen LogP contribution in [-0.2, 0) is 0 Å². The van der Waals surface area contributed by atoms with E-state index >= 15 is 0 Å². The normalized spacial score (nSPS) is 12.7. The van der Waals surface area contributed by atoms with Gasteiger partial charge in [-0.3, -0.25) is 5.21 Å². The van der Waals surface area contributed by atoms with E-state index in [-0.39, 0.29) is 5.54 Å². The molecule has 0 fully saturated rings. The highest BCUT2D eigenvalue weighted by molar-refractivity contribution is 7.99. The van der Waals surface area contributed by atoms with Crippen LogP contribution in [-0.4, -0.2) is 21.7 Å². The fourth-order valence-electron chi connectivity index (χ4n) is 1.88. The third-order valence-electron chi connectivity index (χ3n) is 2.95. The summed E-state index contributed by atoms with van der Waals surface area (Å²) in [6.07, 6.45) is 1.60. The van der Waals surface area contributed by atoms with Crippen LogP contribution >= 0.6 is 11.8 Å². The van der Waals surface area contributed by atoms with E-state index in [1.54, 1.807) is 18.0 Å². The summed E-state index contributed by atoms with van der Waals surface area (Å²) in [7, 11) is 0. The molecule has 1 aromatic carbocycles. The Morgan fingerprint density at radius 1 is 1.10 bits per heavy atom. The molecule has 1 N–H and O–H groups in total. The lowest BCUT2D eigenvalue weighted by atomic mass is 10.1. The largest absolute Gasteiger partial charge is 0.444 e. The van der Waals surface area contributed by atoms with Gasteiger partial charge < -0.3 is 4.42 Å². The molecule has 0 spiro atoms. The van der Waals surface area contributed by atoms with Crippen LogP contribution in [0, 0.1) is 13.8 Å². The third-order valence-corrected chi connectivity index (χ3v) is 3.84. The van der Waals surface area contributed by atoms with Crippen LogP contribution < -0.4 is 0 Å². The minimum atomic E-state index is -0.353. The molecule has 0 aliphatic carbocycles. The fourth-order valence-corrected chi connectivity index (χ4v) is 2.88. The van der Waals surface area contributed by atoms with Gasteiger partial charge in [0.2, 0.25) is 5.54 Å². The zero-order valence-electron chi connectivity index (χ0n) is 13.2. The number of hydrogen-bond donors (Lipinski definition) is 1. The van der Waals surface area contributed by atoms with Gasteiger partial charge >= 0.3 is 0 Å². The maximum Gasteiger partial charge on any atom is 0.258 e. The van der Waals surface area contributed by atoms with Gasteiger partial charge in [0.05, 0.1) is 0 Å². The molecule has 1 aromatic heterocycles. The van der Waals surface area contributed by atoms with Crippen molar-refractivity contribution in [2.75, 3.05) is 0 Å². The van der Waals surface area contributed by atoms with Gasteiger partial charge in [0.1, 0.15) is 0 Å². The Morgan fingerprint density at radius 2 is 1.71 bits per heavy atom. The molecule has 2 rings (SSSR count). The smallest absolute Gasteiger partial charge is 0.258 e. The van der Waals surface area contributed by atoms with Gasteiger partial charge in [0.15, 0.2) is 10.9 Å². The lowest BCUT2D eigenvalue weighted by Gasteiger charge is -2.08. The van der Waals surface area contributed by atoms with E-state index in [4.69, 9.17) is 4.42 Å². The van der Waals surface area contributed by atoms with E-state index < -0.39 is 0 Å². The molecule has 3 nitrogen and oxygen atoms in total. The van der Waals surface area contributed by atoms with Gasteiger partial charge in [-0.15, -0.1) is 0 Å². The lowest BCUT2D eigenvalue weighted by Crippen LogP contribution is -2.31. The summed E-state index contributed by atoms with van der Waals surface area (Å²) < 4.78 is 6.90. The predicted molar refractivity (Wildman–Crippen MR) is 85.7 cm³/mol. The number of rotatable bonds is 3. The molecule has 0 bridgehead atoms. The van der Waals surface area contributed by atoms with Gasteiger partial charge in [0, 0.05) is 25.7 Å². The van der Waals surface area contributed by atoms with Crippen LogP contribution in [0.3, 0.4) is 0 Å². The van der Waals surface area contributed by atoms with Gasteiger partial charge in [-0.2, -0.15) is 0 Å². The van der Waals surface area contributed by atoms with Crippen molar-refractivity contribution in [2.24, 2.45) is 0 Å². The number of nitrogens with zero attached hydrogens (tertiary/aromatic N) is 1. The summed E-state index contributed by atoms with van der Waals surface area (Å²) in [5.41, 5.74) is 2.13. The molecule has 4 heteroatoms. The van der Waals surface area contributed by atoms with Crippen molar-refractivity contribution >= 4 is 18.0 Å². The van der Waals surface area contributed by atoms with E-state index in [9.17, 15) is 5.21 Å². The minimum Gasteiger partial charge on any atom is -0.444 e. The highest BCUT2D eigenvalue weighted by atomic mass is 32.2. The van der Waals surface area contributed by atoms with Crippen molar-refractivity contribution in [3.05, 3.63) is 47.2 Å². The van der Waals surface area contributed by atoms with Gasteiger partial charge in [-0.1, -0.05) is 17.8 Å². The Bertz CT molecular complexity index is 645. The van der Waals surface area contributed by atoms with Crippen molar-refractivity contribution in [1.82, 2.24) is 0 Å². The Balaban J connectivity index is 2.17. The Hall–Kier alpha value is -1.68. The molecule has 0 radical (unpaired) electrons. The Morgan fingerprint density at radius 3 is 2.29 bits per heavy atom. The van der Waals surface area contributed by atoms with Gasteiger partial charge in [0.25, 0.3) is 6.21 Å². The zero-order chi connectivity index (χ0) is 15.6. The monoisotopic (exact) mass is 304 g/mol. The highest BCUT2D eigenvalue weighted by Gasteiger charge is 2.24. The van der Waals surface area contributed by atoms with Crippen LogP contribution in [0.1, 0.15) is 37.7 Å². The quantitative estimate of drug-likeness (QED) is 0.387. The van der Waals surface area contributed by atoms with Crippen molar-refractivity contribution in [2.45, 2.75) is 50.1 Å². The van der Waals surface area contributed by atoms with Crippen molar-refractivity contribution < 1.29 is 14.4 Å². The van der Waals surface area contributed by atoms with E-state index in [1.807, 2.05) is 32.9 Å². The molecule has 0 amide bonds. The topological polar surface area (TPSA) is 36.4 Å². The maximum absolute atomic E-state index is 9.92. The first-order chi connectivity index (χ1) is 9.74.